The topological polar surface area (TPSA) is 49.3 Å². The largest absolute Gasteiger partial charge is 0.480 e. The Balaban J connectivity index is 2.84. The van der Waals surface area contributed by atoms with E-state index in [1.54, 1.807) is 32.0 Å². The van der Waals surface area contributed by atoms with E-state index in [0.29, 0.717) is 12.1 Å². The third-order valence-electron chi connectivity index (χ3n) is 3.11. The van der Waals surface area contributed by atoms with Crippen molar-refractivity contribution in [2.24, 2.45) is 0 Å². The minimum atomic E-state index is -1.03. The molecule has 0 amide bonds. The number of carbonyl (C=O) groups is 1. The maximum atomic E-state index is 13.7. The Labute approximate surface area is 107 Å². The summed E-state index contributed by atoms with van der Waals surface area (Å²) in [6.45, 7) is 7.33. The zero-order valence-corrected chi connectivity index (χ0v) is 11.2. The number of hydrogen-bond acceptors (Lipinski definition) is 2. The molecule has 0 atom stereocenters. The molecule has 0 radical (unpaired) electrons. The molecule has 1 aromatic carbocycles. The fraction of sp³-hybridized carbons (Fsp3) is 0.500. The SMILES string of the molecule is CC(C)(NCC(C)(C)c1ccccc1F)C(=O)O. The molecule has 2 N–H and O–H groups in total. The molecule has 0 heterocycles. The maximum absolute atomic E-state index is 13.7. The van der Waals surface area contributed by atoms with Gasteiger partial charge in [0.25, 0.3) is 0 Å². The van der Waals surface area contributed by atoms with Crippen LogP contribution in [0.2, 0.25) is 0 Å². The van der Waals surface area contributed by atoms with Crippen molar-refractivity contribution >= 4 is 5.97 Å². The van der Waals surface area contributed by atoms with Crippen LogP contribution < -0.4 is 5.32 Å². The summed E-state index contributed by atoms with van der Waals surface area (Å²) in [6.07, 6.45) is 0. The predicted molar refractivity (Wildman–Crippen MR) is 69.1 cm³/mol. The molecule has 0 bridgehead atoms. The Morgan fingerprint density at radius 1 is 1.28 bits per heavy atom. The Hall–Kier alpha value is -1.42. The minimum absolute atomic E-state index is 0.266. The van der Waals surface area contributed by atoms with Gasteiger partial charge in [-0.15, -0.1) is 0 Å². The van der Waals surface area contributed by atoms with Gasteiger partial charge in [-0.2, -0.15) is 0 Å². The summed E-state index contributed by atoms with van der Waals surface area (Å²) in [6, 6.07) is 6.57. The van der Waals surface area contributed by atoms with E-state index in [0.717, 1.165) is 0 Å². The smallest absolute Gasteiger partial charge is 0.323 e. The van der Waals surface area contributed by atoms with Crippen LogP contribution in [-0.2, 0) is 10.2 Å². The number of halogens is 1. The highest BCUT2D eigenvalue weighted by Crippen LogP contribution is 2.25. The molecule has 0 aliphatic heterocycles. The lowest BCUT2D eigenvalue weighted by atomic mass is 9.83. The molecule has 0 saturated heterocycles. The number of rotatable bonds is 5. The van der Waals surface area contributed by atoms with E-state index in [-0.39, 0.29) is 5.82 Å². The summed E-state index contributed by atoms with van der Waals surface area (Å²) >= 11 is 0. The predicted octanol–water partition coefficient (Wildman–Crippen LogP) is 2.56. The van der Waals surface area contributed by atoms with Gasteiger partial charge in [0.05, 0.1) is 0 Å². The Kier molecular flexibility index (Phi) is 4.12. The van der Waals surface area contributed by atoms with Gasteiger partial charge in [-0.3, -0.25) is 4.79 Å². The molecular formula is C14H20FNO2. The highest BCUT2D eigenvalue weighted by molar-refractivity contribution is 5.77. The van der Waals surface area contributed by atoms with Crippen molar-refractivity contribution in [3.8, 4) is 0 Å². The summed E-state index contributed by atoms with van der Waals surface area (Å²) in [5.74, 6) is -1.19. The van der Waals surface area contributed by atoms with Gasteiger partial charge in [-0.1, -0.05) is 32.0 Å². The molecule has 0 aliphatic rings. The second kappa shape index (κ2) is 5.06. The third kappa shape index (κ3) is 3.29. The molecule has 0 spiro atoms. The van der Waals surface area contributed by atoms with E-state index in [1.807, 2.05) is 13.8 Å². The Morgan fingerprint density at radius 2 is 1.83 bits per heavy atom. The highest BCUT2D eigenvalue weighted by atomic mass is 19.1. The molecular weight excluding hydrogens is 233 g/mol. The van der Waals surface area contributed by atoms with Crippen LogP contribution in [-0.4, -0.2) is 23.2 Å². The minimum Gasteiger partial charge on any atom is -0.480 e. The van der Waals surface area contributed by atoms with E-state index >= 15 is 0 Å². The fourth-order valence-electron chi connectivity index (χ4n) is 1.62. The zero-order chi connectivity index (χ0) is 14.0. The average molecular weight is 253 g/mol. The lowest BCUT2D eigenvalue weighted by molar-refractivity contribution is -0.143. The third-order valence-corrected chi connectivity index (χ3v) is 3.11. The van der Waals surface area contributed by atoms with Crippen LogP contribution in [0.25, 0.3) is 0 Å². The number of hydrogen-bond donors (Lipinski definition) is 2. The van der Waals surface area contributed by atoms with Crippen LogP contribution in [0.5, 0.6) is 0 Å². The van der Waals surface area contributed by atoms with E-state index < -0.39 is 16.9 Å². The van der Waals surface area contributed by atoms with Gasteiger partial charge in [-0.05, 0) is 25.5 Å². The van der Waals surface area contributed by atoms with Crippen molar-refractivity contribution in [1.29, 1.82) is 0 Å². The Morgan fingerprint density at radius 3 is 2.33 bits per heavy atom. The van der Waals surface area contributed by atoms with Gasteiger partial charge >= 0.3 is 5.97 Å². The lowest BCUT2D eigenvalue weighted by Gasteiger charge is -2.31. The first-order valence-corrected chi connectivity index (χ1v) is 5.90. The summed E-state index contributed by atoms with van der Waals surface area (Å²) in [7, 11) is 0. The first-order valence-electron chi connectivity index (χ1n) is 5.90. The normalized spacial score (nSPS) is 12.5. The molecule has 1 rings (SSSR count). The van der Waals surface area contributed by atoms with Gasteiger partial charge in [0.15, 0.2) is 0 Å². The number of carboxylic acids is 1. The van der Waals surface area contributed by atoms with Gasteiger partial charge in [0.1, 0.15) is 11.4 Å². The number of aliphatic carboxylic acids is 1. The van der Waals surface area contributed by atoms with Crippen molar-refractivity contribution in [3.63, 3.8) is 0 Å². The van der Waals surface area contributed by atoms with Crippen LogP contribution in [0, 0.1) is 5.82 Å². The van der Waals surface area contributed by atoms with E-state index in [4.69, 9.17) is 5.11 Å². The summed E-state index contributed by atoms with van der Waals surface area (Å²) in [5.41, 5.74) is -0.917. The van der Waals surface area contributed by atoms with Gasteiger partial charge in [0, 0.05) is 12.0 Å². The molecule has 3 nitrogen and oxygen atoms in total. The molecule has 0 aromatic heterocycles. The quantitative estimate of drug-likeness (QED) is 0.848. The molecule has 0 aliphatic carbocycles. The second-order valence-corrected chi connectivity index (χ2v) is 5.65. The van der Waals surface area contributed by atoms with E-state index in [2.05, 4.69) is 5.32 Å². The summed E-state index contributed by atoms with van der Waals surface area (Å²) < 4.78 is 13.7. The molecule has 100 valence electrons. The number of nitrogens with one attached hydrogen (secondary N) is 1. The van der Waals surface area contributed by atoms with Crippen LogP contribution in [0.4, 0.5) is 4.39 Å². The second-order valence-electron chi connectivity index (χ2n) is 5.65. The number of benzene rings is 1. The van der Waals surface area contributed by atoms with Crippen LogP contribution in [0.1, 0.15) is 33.3 Å². The van der Waals surface area contributed by atoms with Crippen molar-refractivity contribution < 1.29 is 14.3 Å². The van der Waals surface area contributed by atoms with Crippen LogP contribution in [0.15, 0.2) is 24.3 Å². The lowest BCUT2D eigenvalue weighted by Crippen LogP contribution is -2.51. The molecule has 0 saturated carbocycles. The van der Waals surface area contributed by atoms with Crippen molar-refractivity contribution in [3.05, 3.63) is 35.6 Å². The summed E-state index contributed by atoms with van der Waals surface area (Å²) in [5, 5.41) is 12.0. The molecule has 0 unspecified atom stereocenters. The first kappa shape index (κ1) is 14.6. The standard InChI is InChI=1S/C14H20FNO2/c1-13(2,9-16-14(3,4)12(17)18)10-7-5-6-8-11(10)15/h5-8,16H,9H2,1-4H3,(H,17,18). The fourth-order valence-corrected chi connectivity index (χ4v) is 1.62. The highest BCUT2D eigenvalue weighted by Gasteiger charge is 2.31. The zero-order valence-electron chi connectivity index (χ0n) is 11.2. The Bertz CT molecular complexity index is 441. The summed E-state index contributed by atoms with van der Waals surface area (Å²) in [4.78, 5) is 11.0. The molecule has 4 heteroatoms. The van der Waals surface area contributed by atoms with Crippen LogP contribution >= 0.6 is 0 Å². The molecule has 1 aromatic rings. The van der Waals surface area contributed by atoms with Crippen LogP contribution in [0.3, 0.4) is 0 Å². The van der Waals surface area contributed by atoms with Crippen molar-refractivity contribution in [2.75, 3.05) is 6.54 Å². The van der Waals surface area contributed by atoms with Gasteiger partial charge in [0.2, 0.25) is 0 Å². The van der Waals surface area contributed by atoms with Crippen molar-refractivity contribution in [2.45, 2.75) is 38.6 Å². The first-order chi connectivity index (χ1) is 8.17. The molecule has 0 fully saturated rings. The van der Waals surface area contributed by atoms with Crippen molar-refractivity contribution in [1.82, 2.24) is 5.32 Å². The van der Waals surface area contributed by atoms with E-state index in [1.165, 1.54) is 6.07 Å². The maximum Gasteiger partial charge on any atom is 0.323 e. The monoisotopic (exact) mass is 253 g/mol. The average Bonchev–Trinajstić information content (AvgIpc) is 2.27. The van der Waals surface area contributed by atoms with Gasteiger partial charge < -0.3 is 10.4 Å². The van der Waals surface area contributed by atoms with Gasteiger partial charge in [-0.25, -0.2) is 4.39 Å². The molecule has 18 heavy (non-hydrogen) atoms. The number of carboxylic acid groups (broad SMARTS) is 1. The van der Waals surface area contributed by atoms with E-state index in [9.17, 15) is 9.18 Å².